The Labute approximate surface area is 125 Å². The van der Waals surface area contributed by atoms with Gasteiger partial charge in [0.2, 0.25) is 5.76 Å². The molecule has 0 saturated carbocycles. The number of halogens is 1. The summed E-state index contributed by atoms with van der Waals surface area (Å²) in [6.07, 6.45) is 1.66. The van der Waals surface area contributed by atoms with Crippen LogP contribution >= 0.6 is 15.9 Å². The van der Waals surface area contributed by atoms with Gasteiger partial charge in [0, 0.05) is 5.56 Å². The molecule has 1 aromatic carbocycles. The Morgan fingerprint density at radius 1 is 1.50 bits per heavy atom. The van der Waals surface area contributed by atoms with Gasteiger partial charge in [-0.25, -0.2) is 4.79 Å². The maximum Gasteiger partial charge on any atom is 0.374 e. The molecular weight excluding hydrogens is 324 g/mol. The molecular formula is C15H15BrO4. The van der Waals surface area contributed by atoms with Crippen LogP contribution in [0, 0.1) is 6.92 Å². The fourth-order valence-electron chi connectivity index (χ4n) is 1.95. The molecule has 0 N–H and O–H groups in total. The lowest BCUT2D eigenvalue weighted by atomic mass is 10.1. The highest BCUT2D eigenvalue weighted by Gasteiger charge is 2.22. The van der Waals surface area contributed by atoms with Crippen molar-refractivity contribution in [3.05, 3.63) is 40.6 Å². The van der Waals surface area contributed by atoms with Crippen LogP contribution < -0.4 is 4.74 Å². The number of esters is 1. The number of hydrogen-bond donors (Lipinski definition) is 0. The van der Waals surface area contributed by atoms with E-state index in [9.17, 15) is 4.79 Å². The van der Waals surface area contributed by atoms with Gasteiger partial charge in [0.25, 0.3) is 0 Å². The van der Waals surface area contributed by atoms with Crippen LogP contribution in [0.2, 0.25) is 0 Å². The molecule has 5 heteroatoms. The van der Waals surface area contributed by atoms with Crippen molar-refractivity contribution >= 4 is 32.9 Å². The zero-order valence-electron chi connectivity index (χ0n) is 11.4. The van der Waals surface area contributed by atoms with Crippen molar-refractivity contribution in [1.82, 2.24) is 0 Å². The molecule has 0 aliphatic heterocycles. The van der Waals surface area contributed by atoms with Crippen molar-refractivity contribution in [2.75, 3.05) is 13.2 Å². The van der Waals surface area contributed by atoms with Crippen molar-refractivity contribution in [3.8, 4) is 5.75 Å². The fraction of sp³-hybridized carbons (Fsp3) is 0.267. The molecule has 0 atom stereocenters. The highest BCUT2D eigenvalue weighted by molar-refractivity contribution is 9.10. The summed E-state index contributed by atoms with van der Waals surface area (Å²) >= 11 is 3.44. The second-order valence-electron chi connectivity index (χ2n) is 4.13. The summed E-state index contributed by atoms with van der Waals surface area (Å²) in [4.78, 5) is 11.9. The Balaban J connectivity index is 2.59. The number of benzene rings is 1. The Morgan fingerprint density at radius 3 is 2.90 bits per heavy atom. The van der Waals surface area contributed by atoms with E-state index in [1.54, 1.807) is 19.1 Å². The molecule has 2 aromatic rings. The number of rotatable bonds is 5. The SMILES string of the molecule is C=CCOc1c(Br)ccc2oc(C(=O)OCC)c(C)c12. The lowest BCUT2D eigenvalue weighted by molar-refractivity contribution is 0.0491. The van der Waals surface area contributed by atoms with E-state index in [0.29, 0.717) is 30.1 Å². The van der Waals surface area contributed by atoms with Gasteiger partial charge in [-0.05, 0) is 41.9 Å². The molecule has 0 amide bonds. The Bertz CT molecular complexity index is 657. The summed E-state index contributed by atoms with van der Waals surface area (Å²) in [6, 6.07) is 3.61. The second kappa shape index (κ2) is 6.13. The molecule has 1 heterocycles. The molecule has 0 unspecified atom stereocenters. The maximum atomic E-state index is 11.9. The molecule has 4 nitrogen and oxygen atoms in total. The smallest absolute Gasteiger partial charge is 0.374 e. The molecule has 0 spiro atoms. The van der Waals surface area contributed by atoms with Crippen molar-refractivity contribution in [2.45, 2.75) is 13.8 Å². The third kappa shape index (κ3) is 2.58. The standard InChI is InChI=1S/C15H15BrO4/c1-4-8-19-14-10(16)6-7-11-12(14)9(3)13(20-11)15(17)18-5-2/h4,6-7H,1,5,8H2,2-3H3. The van der Waals surface area contributed by atoms with Gasteiger partial charge in [-0.1, -0.05) is 12.7 Å². The van der Waals surface area contributed by atoms with Crippen LogP contribution in [0.4, 0.5) is 0 Å². The largest absolute Gasteiger partial charge is 0.488 e. The number of hydrogen-bond acceptors (Lipinski definition) is 4. The van der Waals surface area contributed by atoms with E-state index in [1.807, 2.05) is 13.0 Å². The van der Waals surface area contributed by atoms with E-state index < -0.39 is 5.97 Å². The third-order valence-corrected chi connectivity index (χ3v) is 3.43. The Morgan fingerprint density at radius 2 is 2.25 bits per heavy atom. The van der Waals surface area contributed by atoms with E-state index in [2.05, 4.69) is 22.5 Å². The molecule has 0 fully saturated rings. The van der Waals surface area contributed by atoms with Crippen LogP contribution in [0.5, 0.6) is 5.75 Å². The van der Waals surface area contributed by atoms with Gasteiger partial charge in [-0.15, -0.1) is 0 Å². The molecule has 2 rings (SSSR count). The molecule has 0 saturated heterocycles. The summed E-state index contributed by atoms with van der Waals surface area (Å²) in [6.45, 7) is 7.87. The van der Waals surface area contributed by atoms with Crippen LogP contribution in [0.1, 0.15) is 23.0 Å². The van der Waals surface area contributed by atoms with E-state index in [4.69, 9.17) is 13.9 Å². The van der Waals surface area contributed by atoms with Crippen LogP contribution in [0.15, 0.2) is 33.7 Å². The van der Waals surface area contributed by atoms with Gasteiger partial charge in [0.1, 0.15) is 17.9 Å². The Hall–Kier alpha value is -1.75. The van der Waals surface area contributed by atoms with Crippen molar-refractivity contribution in [2.24, 2.45) is 0 Å². The minimum Gasteiger partial charge on any atom is -0.488 e. The number of furan rings is 1. The topological polar surface area (TPSA) is 48.7 Å². The highest BCUT2D eigenvalue weighted by Crippen LogP contribution is 2.38. The first-order valence-corrected chi connectivity index (χ1v) is 7.01. The Kier molecular flexibility index (Phi) is 4.49. The van der Waals surface area contributed by atoms with Crippen molar-refractivity contribution in [3.63, 3.8) is 0 Å². The molecule has 1 aromatic heterocycles. The average Bonchev–Trinajstić information content (AvgIpc) is 2.76. The number of carbonyl (C=O) groups is 1. The average molecular weight is 339 g/mol. The molecule has 0 bridgehead atoms. The molecule has 0 aliphatic rings. The first-order valence-electron chi connectivity index (χ1n) is 6.22. The summed E-state index contributed by atoms with van der Waals surface area (Å²) in [5, 5.41) is 0.768. The van der Waals surface area contributed by atoms with E-state index >= 15 is 0 Å². The molecule has 106 valence electrons. The van der Waals surface area contributed by atoms with Gasteiger partial charge in [0.15, 0.2) is 0 Å². The van der Waals surface area contributed by atoms with Gasteiger partial charge in [-0.3, -0.25) is 0 Å². The fourth-order valence-corrected chi connectivity index (χ4v) is 2.40. The monoisotopic (exact) mass is 338 g/mol. The maximum absolute atomic E-state index is 11.9. The first-order chi connectivity index (χ1) is 9.60. The van der Waals surface area contributed by atoms with Gasteiger partial charge in [-0.2, -0.15) is 0 Å². The number of aryl methyl sites for hydroxylation is 1. The minimum atomic E-state index is -0.466. The quantitative estimate of drug-likeness (QED) is 0.604. The van der Waals surface area contributed by atoms with Crippen molar-refractivity contribution < 1.29 is 18.7 Å². The lowest BCUT2D eigenvalue weighted by Gasteiger charge is -2.07. The number of fused-ring (bicyclic) bond motifs is 1. The highest BCUT2D eigenvalue weighted by atomic mass is 79.9. The van der Waals surface area contributed by atoms with Gasteiger partial charge >= 0.3 is 5.97 Å². The first kappa shape index (κ1) is 14.7. The zero-order valence-corrected chi connectivity index (χ0v) is 13.0. The normalized spacial score (nSPS) is 10.6. The van der Waals surface area contributed by atoms with Crippen LogP contribution in [0.25, 0.3) is 11.0 Å². The summed E-state index contributed by atoms with van der Waals surface area (Å²) < 4.78 is 17.0. The van der Waals surface area contributed by atoms with Crippen LogP contribution in [0.3, 0.4) is 0 Å². The predicted molar refractivity (Wildman–Crippen MR) is 80.3 cm³/mol. The van der Waals surface area contributed by atoms with Crippen LogP contribution in [-0.2, 0) is 4.74 Å². The minimum absolute atomic E-state index is 0.211. The zero-order chi connectivity index (χ0) is 14.7. The van der Waals surface area contributed by atoms with Crippen LogP contribution in [-0.4, -0.2) is 19.2 Å². The molecule has 20 heavy (non-hydrogen) atoms. The van der Waals surface area contributed by atoms with Crippen molar-refractivity contribution in [1.29, 1.82) is 0 Å². The van der Waals surface area contributed by atoms with Gasteiger partial charge in [0.05, 0.1) is 16.5 Å². The third-order valence-electron chi connectivity index (χ3n) is 2.81. The van der Waals surface area contributed by atoms with E-state index in [0.717, 1.165) is 9.86 Å². The number of ether oxygens (including phenoxy) is 2. The van der Waals surface area contributed by atoms with Gasteiger partial charge < -0.3 is 13.9 Å². The summed E-state index contributed by atoms with van der Waals surface area (Å²) in [5.74, 6) is 0.384. The molecule has 0 aliphatic carbocycles. The van der Waals surface area contributed by atoms with E-state index in [1.165, 1.54) is 0 Å². The number of carbonyl (C=O) groups excluding carboxylic acids is 1. The lowest BCUT2D eigenvalue weighted by Crippen LogP contribution is -2.04. The second-order valence-corrected chi connectivity index (χ2v) is 4.98. The predicted octanol–water partition coefficient (Wildman–Crippen LogP) is 4.25. The summed E-state index contributed by atoms with van der Waals surface area (Å²) in [7, 11) is 0. The summed E-state index contributed by atoms with van der Waals surface area (Å²) in [5.41, 5.74) is 1.30. The van der Waals surface area contributed by atoms with E-state index in [-0.39, 0.29) is 5.76 Å². The molecule has 0 radical (unpaired) electrons.